The van der Waals surface area contributed by atoms with Crippen molar-refractivity contribution < 1.29 is 29.3 Å². The Morgan fingerprint density at radius 2 is 1.71 bits per heavy atom. The maximum Gasteiger partial charge on any atom is 0.408 e. The number of carbonyl (C=O) groups excluding carboxylic acids is 3. The summed E-state index contributed by atoms with van der Waals surface area (Å²) >= 11 is 0. The van der Waals surface area contributed by atoms with Gasteiger partial charge in [0, 0.05) is 11.6 Å². The highest BCUT2D eigenvalue weighted by atomic mass is 16.6. The van der Waals surface area contributed by atoms with E-state index in [4.69, 9.17) is 4.74 Å². The number of phenols is 1. The second-order valence-electron chi connectivity index (χ2n) is 10.6. The molecule has 0 spiro atoms. The van der Waals surface area contributed by atoms with Crippen molar-refractivity contribution in [3.05, 3.63) is 29.3 Å². The molecule has 9 nitrogen and oxygen atoms in total. The Morgan fingerprint density at radius 1 is 1.12 bits per heavy atom. The number of rotatable bonds is 8. The van der Waals surface area contributed by atoms with Crippen LogP contribution in [0.1, 0.15) is 79.0 Å². The van der Waals surface area contributed by atoms with E-state index in [0.717, 1.165) is 0 Å². The minimum absolute atomic E-state index is 0.0694. The number of alkyl carbamates (subject to hydrolysis) is 1. The molecule has 0 saturated carbocycles. The van der Waals surface area contributed by atoms with E-state index in [0.29, 0.717) is 17.5 Å². The average molecular weight is 480 g/mol. The Morgan fingerprint density at radius 3 is 2.15 bits per heavy atom. The standard InChI is InChI=1S/C25H41N3O6/c1-10-16(3)28(22(32)18(14-29)26-23(33)34-25(7,8)9)20(21(31)27-24(4,5)6)17-11-12-19(30)15(2)13-17/h11-13,16,18,20,29-30H,10,14H2,1-9H3,(H,26,33)(H,27,31). The summed E-state index contributed by atoms with van der Waals surface area (Å²) in [5.41, 5.74) is -0.313. The zero-order valence-corrected chi connectivity index (χ0v) is 21.9. The second kappa shape index (κ2) is 11.6. The predicted molar refractivity (Wildman–Crippen MR) is 130 cm³/mol. The van der Waals surface area contributed by atoms with Crippen LogP contribution in [0.15, 0.2) is 18.2 Å². The number of aliphatic hydroxyl groups excluding tert-OH is 1. The SMILES string of the molecule is CCC(C)N(C(=O)C(CO)NC(=O)OC(C)(C)C)C(C(=O)NC(C)(C)C)c1ccc(O)c(C)c1. The summed E-state index contributed by atoms with van der Waals surface area (Å²) in [6, 6.07) is 1.94. The number of carbonyl (C=O) groups is 3. The zero-order chi connectivity index (χ0) is 26.4. The van der Waals surface area contributed by atoms with Crippen LogP contribution in [0.2, 0.25) is 0 Å². The van der Waals surface area contributed by atoms with Crippen molar-refractivity contribution in [2.75, 3.05) is 6.61 Å². The Bertz CT molecular complexity index is 872. The third-order valence-corrected chi connectivity index (χ3v) is 5.05. The third kappa shape index (κ3) is 8.52. The minimum Gasteiger partial charge on any atom is -0.508 e. The molecule has 0 aliphatic heterocycles. The van der Waals surface area contributed by atoms with Crippen LogP contribution in [-0.2, 0) is 14.3 Å². The Labute approximate surface area is 202 Å². The van der Waals surface area contributed by atoms with Gasteiger partial charge >= 0.3 is 6.09 Å². The van der Waals surface area contributed by atoms with E-state index in [-0.39, 0.29) is 5.75 Å². The van der Waals surface area contributed by atoms with Gasteiger partial charge in [0.05, 0.1) is 6.61 Å². The van der Waals surface area contributed by atoms with Gasteiger partial charge < -0.3 is 30.5 Å². The fraction of sp³-hybridized carbons (Fsp3) is 0.640. The van der Waals surface area contributed by atoms with Crippen molar-refractivity contribution in [1.29, 1.82) is 0 Å². The third-order valence-electron chi connectivity index (χ3n) is 5.05. The first kappa shape index (κ1) is 29.2. The molecule has 1 rings (SSSR count). The summed E-state index contributed by atoms with van der Waals surface area (Å²) < 4.78 is 5.24. The zero-order valence-electron chi connectivity index (χ0n) is 21.9. The molecule has 0 aromatic heterocycles. The summed E-state index contributed by atoms with van der Waals surface area (Å²) in [6.45, 7) is 15.3. The number of phenolic OH excluding ortho intramolecular Hbond substituents is 1. The maximum atomic E-state index is 13.7. The molecule has 9 heteroatoms. The molecule has 1 aromatic rings. The number of nitrogens with one attached hydrogen (secondary N) is 2. The largest absolute Gasteiger partial charge is 0.508 e. The summed E-state index contributed by atoms with van der Waals surface area (Å²) in [5.74, 6) is -0.970. The molecule has 0 aliphatic carbocycles. The van der Waals surface area contributed by atoms with Gasteiger partial charge in [-0.1, -0.05) is 13.0 Å². The van der Waals surface area contributed by atoms with Gasteiger partial charge in [-0.3, -0.25) is 9.59 Å². The number of ether oxygens (including phenoxy) is 1. The van der Waals surface area contributed by atoms with Crippen molar-refractivity contribution in [3.8, 4) is 5.75 Å². The molecule has 3 atom stereocenters. The lowest BCUT2D eigenvalue weighted by Gasteiger charge is -2.39. The molecular formula is C25H41N3O6. The van der Waals surface area contributed by atoms with Crippen molar-refractivity contribution in [2.24, 2.45) is 0 Å². The van der Waals surface area contributed by atoms with Gasteiger partial charge in [0.1, 0.15) is 23.4 Å². The van der Waals surface area contributed by atoms with Crippen molar-refractivity contribution in [3.63, 3.8) is 0 Å². The van der Waals surface area contributed by atoms with Crippen LogP contribution in [0, 0.1) is 6.92 Å². The van der Waals surface area contributed by atoms with Gasteiger partial charge in [-0.15, -0.1) is 0 Å². The van der Waals surface area contributed by atoms with Gasteiger partial charge in [0.15, 0.2) is 0 Å². The topological polar surface area (TPSA) is 128 Å². The minimum atomic E-state index is -1.31. The number of aliphatic hydroxyl groups is 1. The predicted octanol–water partition coefficient (Wildman–Crippen LogP) is 3.17. The number of aromatic hydroxyl groups is 1. The van der Waals surface area contributed by atoms with Gasteiger partial charge in [-0.2, -0.15) is 0 Å². The Hall–Kier alpha value is -2.81. The van der Waals surface area contributed by atoms with Crippen LogP contribution in [0.5, 0.6) is 5.75 Å². The van der Waals surface area contributed by atoms with E-state index >= 15 is 0 Å². The fourth-order valence-corrected chi connectivity index (χ4v) is 3.34. The first-order chi connectivity index (χ1) is 15.5. The highest BCUT2D eigenvalue weighted by molar-refractivity contribution is 5.92. The van der Waals surface area contributed by atoms with Crippen LogP contribution in [0.25, 0.3) is 0 Å². The van der Waals surface area contributed by atoms with Crippen LogP contribution in [-0.4, -0.2) is 62.9 Å². The van der Waals surface area contributed by atoms with E-state index in [1.165, 1.54) is 11.0 Å². The molecule has 3 unspecified atom stereocenters. The lowest BCUT2D eigenvalue weighted by molar-refractivity contribution is -0.146. The number of hydrogen-bond acceptors (Lipinski definition) is 6. The number of benzene rings is 1. The average Bonchev–Trinajstić information content (AvgIpc) is 2.68. The molecule has 4 N–H and O–H groups in total. The van der Waals surface area contributed by atoms with Gasteiger partial charge in [-0.05, 0) is 85.1 Å². The molecule has 0 heterocycles. The number of amides is 3. The molecule has 0 aliphatic rings. The van der Waals surface area contributed by atoms with Gasteiger partial charge in [0.25, 0.3) is 0 Å². The lowest BCUT2D eigenvalue weighted by Crippen LogP contribution is -2.57. The number of aryl methyl sites for hydroxylation is 1. The molecule has 0 bridgehead atoms. The smallest absolute Gasteiger partial charge is 0.408 e. The Kier molecular flexibility index (Phi) is 9.93. The summed E-state index contributed by atoms with van der Waals surface area (Å²) in [6.07, 6.45) is -0.327. The molecule has 192 valence electrons. The molecule has 0 saturated heterocycles. The summed E-state index contributed by atoms with van der Waals surface area (Å²) in [5, 5.41) is 25.3. The lowest BCUT2D eigenvalue weighted by atomic mass is 9.97. The van der Waals surface area contributed by atoms with Gasteiger partial charge in [0.2, 0.25) is 11.8 Å². The first-order valence-corrected chi connectivity index (χ1v) is 11.5. The molecule has 0 fully saturated rings. The first-order valence-electron chi connectivity index (χ1n) is 11.5. The molecule has 1 aromatic carbocycles. The Balaban J connectivity index is 3.52. The van der Waals surface area contributed by atoms with E-state index in [2.05, 4.69) is 10.6 Å². The van der Waals surface area contributed by atoms with Crippen LogP contribution < -0.4 is 10.6 Å². The molecular weight excluding hydrogens is 438 g/mol. The van der Waals surface area contributed by atoms with Crippen LogP contribution >= 0.6 is 0 Å². The maximum absolute atomic E-state index is 13.7. The number of hydrogen-bond donors (Lipinski definition) is 4. The van der Waals surface area contributed by atoms with Crippen molar-refractivity contribution >= 4 is 17.9 Å². The molecule has 34 heavy (non-hydrogen) atoms. The van der Waals surface area contributed by atoms with E-state index in [1.54, 1.807) is 46.8 Å². The normalized spacial score (nSPS) is 14.5. The second-order valence-corrected chi connectivity index (χ2v) is 10.6. The quantitative estimate of drug-likeness (QED) is 0.453. The van der Waals surface area contributed by atoms with Crippen molar-refractivity contribution in [2.45, 2.75) is 98.0 Å². The van der Waals surface area contributed by atoms with Crippen LogP contribution in [0.3, 0.4) is 0 Å². The highest BCUT2D eigenvalue weighted by Crippen LogP contribution is 2.29. The van der Waals surface area contributed by atoms with E-state index < -0.39 is 53.8 Å². The molecule has 3 amide bonds. The summed E-state index contributed by atoms with van der Waals surface area (Å²) in [4.78, 5) is 40.9. The van der Waals surface area contributed by atoms with E-state index in [9.17, 15) is 24.6 Å². The number of nitrogens with zero attached hydrogens (tertiary/aromatic N) is 1. The van der Waals surface area contributed by atoms with Crippen molar-refractivity contribution in [1.82, 2.24) is 15.5 Å². The van der Waals surface area contributed by atoms with Gasteiger partial charge in [-0.25, -0.2) is 4.79 Å². The van der Waals surface area contributed by atoms with Crippen LogP contribution in [0.4, 0.5) is 4.79 Å². The van der Waals surface area contributed by atoms with E-state index in [1.807, 2.05) is 27.7 Å². The monoisotopic (exact) mass is 479 g/mol. The molecule has 0 radical (unpaired) electrons. The fourth-order valence-electron chi connectivity index (χ4n) is 3.34. The highest BCUT2D eigenvalue weighted by Gasteiger charge is 2.39. The summed E-state index contributed by atoms with van der Waals surface area (Å²) in [7, 11) is 0.